The lowest BCUT2D eigenvalue weighted by atomic mass is 10.0. The summed E-state index contributed by atoms with van der Waals surface area (Å²) in [6.07, 6.45) is 3.02. The van der Waals surface area contributed by atoms with Crippen LogP contribution in [0.5, 0.6) is 0 Å². The standard InChI is InChI=1S/C22H20N3O5P/c1-15-4-9-19(29-15)12-17-7-5-16(6-8-17)11-18-13-21(30-24-18)20-3-2-10-25(22(20)23)14-28-31(26)27/h2-10,13,23H,11-12,14H2,1H3/p+2. The van der Waals surface area contributed by atoms with E-state index in [0.29, 0.717) is 23.6 Å². The van der Waals surface area contributed by atoms with Crippen LogP contribution in [0.4, 0.5) is 5.82 Å². The van der Waals surface area contributed by atoms with Gasteiger partial charge in [-0.3, -0.25) is 5.73 Å². The summed E-state index contributed by atoms with van der Waals surface area (Å²) in [7, 11) is -2.71. The van der Waals surface area contributed by atoms with Crippen LogP contribution in [0.3, 0.4) is 0 Å². The van der Waals surface area contributed by atoms with Crippen LogP contribution >= 0.6 is 8.25 Å². The Morgan fingerprint density at radius 2 is 1.87 bits per heavy atom. The number of nitrogens with two attached hydrogens (primary N) is 1. The molecule has 0 spiro atoms. The molecule has 1 atom stereocenters. The van der Waals surface area contributed by atoms with Crippen molar-refractivity contribution in [2.75, 3.05) is 5.73 Å². The van der Waals surface area contributed by atoms with Crippen LogP contribution in [-0.2, 0) is 28.7 Å². The Balaban J connectivity index is 1.44. The molecule has 4 aromatic rings. The second-order valence-corrected chi connectivity index (χ2v) is 7.87. The van der Waals surface area contributed by atoms with Gasteiger partial charge >= 0.3 is 8.25 Å². The summed E-state index contributed by atoms with van der Waals surface area (Å²) in [5, 5.41) is 4.15. The van der Waals surface area contributed by atoms with Gasteiger partial charge in [0.15, 0.2) is 5.76 Å². The third kappa shape index (κ3) is 5.24. The highest BCUT2D eigenvalue weighted by Crippen LogP contribution is 2.25. The lowest BCUT2D eigenvalue weighted by molar-refractivity contribution is -0.711. The van der Waals surface area contributed by atoms with Crippen LogP contribution in [0, 0.1) is 6.92 Å². The average molecular weight is 439 g/mol. The van der Waals surface area contributed by atoms with Gasteiger partial charge in [-0.15, -0.1) is 4.89 Å². The van der Waals surface area contributed by atoms with E-state index >= 15 is 0 Å². The van der Waals surface area contributed by atoms with Crippen molar-refractivity contribution in [3.05, 3.63) is 89.1 Å². The zero-order valence-electron chi connectivity index (χ0n) is 16.9. The lowest BCUT2D eigenvalue weighted by Gasteiger charge is -2.02. The number of pyridine rings is 1. The molecule has 0 fully saturated rings. The van der Waals surface area contributed by atoms with E-state index in [0.717, 1.165) is 29.2 Å². The molecule has 158 valence electrons. The van der Waals surface area contributed by atoms with Crippen molar-refractivity contribution in [3.8, 4) is 11.3 Å². The maximum absolute atomic E-state index is 10.8. The van der Waals surface area contributed by atoms with E-state index in [2.05, 4.69) is 29.4 Å². The quantitative estimate of drug-likeness (QED) is 0.316. The summed E-state index contributed by atoms with van der Waals surface area (Å²) in [6.45, 7) is 1.79. The monoisotopic (exact) mass is 439 g/mol. The Morgan fingerprint density at radius 3 is 2.55 bits per heavy atom. The normalized spacial score (nSPS) is 11.6. The van der Waals surface area contributed by atoms with Crippen LogP contribution < -0.4 is 10.3 Å². The fourth-order valence-electron chi connectivity index (χ4n) is 3.28. The van der Waals surface area contributed by atoms with Gasteiger partial charge in [0.1, 0.15) is 17.1 Å². The minimum atomic E-state index is -2.71. The summed E-state index contributed by atoms with van der Waals surface area (Å²) in [6, 6.07) is 17.6. The highest BCUT2D eigenvalue weighted by molar-refractivity contribution is 7.32. The minimum Gasteiger partial charge on any atom is -0.466 e. The fraction of sp³-hybridized carbons (Fsp3) is 0.182. The topological polar surface area (TPSA) is 116 Å². The average Bonchev–Trinajstić information content (AvgIpc) is 3.37. The molecule has 0 bridgehead atoms. The first-order valence-electron chi connectivity index (χ1n) is 9.64. The van der Waals surface area contributed by atoms with Gasteiger partial charge in [-0.25, -0.2) is 4.57 Å². The number of nitrogens with zero attached hydrogens (tertiary/aromatic N) is 2. The number of hydrogen-bond donors (Lipinski definition) is 2. The molecule has 0 aliphatic carbocycles. The van der Waals surface area contributed by atoms with Gasteiger partial charge in [-0.05, 0) is 42.3 Å². The van der Waals surface area contributed by atoms with E-state index < -0.39 is 8.25 Å². The van der Waals surface area contributed by atoms with Gasteiger partial charge in [0.2, 0.25) is 6.73 Å². The van der Waals surface area contributed by atoms with Crippen LogP contribution in [0.25, 0.3) is 11.3 Å². The molecule has 3 heterocycles. The van der Waals surface area contributed by atoms with Crippen molar-refractivity contribution in [3.63, 3.8) is 0 Å². The van der Waals surface area contributed by atoms with Gasteiger partial charge in [-0.2, -0.15) is 0 Å². The molecule has 3 aromatic heterocycles. The molecule has 8 nitrogen and oxygen atoms in total. The molecule has 0 aliphatic heterocycles. The first-order valence-corrected chi connectivity index (χ1v) is 10.8. The molecule has 0 aliphatic rings. The van der Waals surface area contributed by atoms with E-state index in [1.807, 2.05) is 25.1 Å². The van der Waals surface area contributed by atoms with Crippen LogP contribution in [0.1, 0.15) is 28.3 Å². The van der Waals surface area contributed by atoms with E-state index in [1.54, 1.807) is 18.3 Å². The maximum Gasteiger partial charge on any atom is 0.698 e. The summed E-state index contributed by atoms with van der Waals surface area (Å²) in [4.78, 5) is 8.83. The fourth-order valence-corrected chi connectivity index (χ4v) is 3.51. The Labute approximate surface area is 179 Å². The van der Waals surface area contributed by atoms with Crippen molar-refractivity contribution in [2.24, 2.45) is 0 Å². The van der Waals surface area contributed by atoms with Crippen LogP contribution in [-0.4, -0.2) is 10.1 Å². The molecular formula is C22H22N3O5P+2. The Hall–Kier alpha value is -3.32. The predicted molar refractivity (Wildman–Crippen MR) is 113 cm³/mol. The third-order valence-corrected chi connectivity index (χ3v) is 5.16. The zero-order valence-corrected chi connectivity index (χ0v) is 17.8. The first-order chi connectivity index (χ1) is 15.0. The van der Waals surface area contributed by atoms with E-state index in [-0.39, 0.29) is 6.73 Å². The minimum absolute atomic E-state index is 0.143. The number of hydrogen-bond acceptors (Lipinski definition) is 6. The molecule has 9 heteroatoms. The van der Waals surface area contributed by atoms with Crippen molar-refractivity contribution in [1.82, 2.24) is 5.16 Å². The summed E-state index contributed by atoms with van der Waals surface area (Å²) < 4.78 is 28.1. The Bertz CT molecular complexity index is 1200. The summed E-state index contributed by atoms with van der Waals surface area (Å²) in [5.74, 6) is 2.72. The molecule has 4 rings (SSSR count). The lowest BCUT2D eigenvalue weighted by Crippen LogP contribution is -2.37. The second-order valence-electron chi connectivity index (χ2n) is 7.14. The number of furan rings is 1. The smallest absolute Gasteiger partial charge is 0.466 e. The van der Waals surface area contributed by atoms with E-state index in [4.69, 9.17) is 24.1 Å². The molecule has 1 unspecified atom stereocenters. The highest BCUT2D eigenvalue weighted by Gasteiger charge is 2.20. The summed E-state index contributed by atoms with van der Waals surface area (Å²) in [5.41, 5.74) is 9.84. The molecule has 1 aromatic carbocycles. The van der Waals surface area contributed by atoms with Gasteiger partial charge in [-0.1, -0.05) is 33.9 Å². The second kappa shape index (κ2) is 9.22. The number of nitrogen functional groups attached to an aromatic ring is 1. The first kappa shape index (κ1) is 20.9. The molecular weight excluding hydrogens is 417 g/mol. The number of anilines is 1. The van der Waals surface area contributed by atoms with Gasteiger partial charge in [0.05, 0.1) is 11.9 Å². The molecule has 0 amide bonds. The zero-order chi connectivity index (χ0) is 21.8. The molecule has 0 saturated carbocycles. The van der Waals surface area contributed by atoms with Crippen molar-refractivity contribution in [2.45, 2.75) is 26.5 Å². The maximum atomic E-state index is 10.8. The molecule has 0 saturated heterocycles. The van der Waals surface area contributed by atoms with E-state index in [1.165, 1.54) is 10.1 Å². The number of benzene rings is 1. The van der Waals surface area contributed by atoms with Crippen molar-refractivity contribution >= 4 is 14.1 Å². The van der Waals surface area contributed by atoms with E-state index in [9.17, 15) is 4.57 Å². The molecule has 31 heavy (non-hydrogen) atoms. The highest BCUT2D eigenvalue weighted by atomic mass is 31.1. The SMILES string of the molecule is Cc1ccc(Cc2ccc(Cc3cc(-c4ccc[n+](CO[P+](=O)O)c4N)on3)cc2)o1. The van der Waals surface area contributed by atoms with Crippen LogP contribution in [0.15, 0.2) is 69.7 Å². The Morgan fingerprint density at radius 1 is 1.13 bits per heavy atom. The predicted octanol–water partition coefficient (Wildman–Crippen LogP) is 3.92. The number of aromatic nitrogens is 2. The number of aryl methyl sites for hydroxylation is 1. The Kier molecular flexibility index (Phi) is 6.23. The van der Waals surface area contributed by atoms with Crippen molar-refractivity contribution in [1.29, 1.82) is 0 Å². The van der Waals surface area contributed by atoms with Crippen molar-refractivity contribution < 1.29 is 27.5 Å². The summed E-state index contributed by atoms with van der Waals surface area (Å²) >= 11 is 0. The van der Waals surface area contributed by atoms with Crippen LogP contribution in [0.2, 0.25) is 0 Å². The largest absolute Gasteiger partial charge is 0.698 e. The molecule has 3 N–H and O–H groups in total. The molecule has 0 radical (unpaired) electrons. The number of rotatable bonds is 8. The van der Waals surface area contributed by atoms with Gasteiger partial charge in [0, 0.05) is 23.5 Å². The van der Waals surface area contributed by atoms with Gasteiger partial charge in [0.25, 0.3) is 5.82 Å². The van der Waals surface area contributed by atoms with Gasteiger partial charge < -0.3 is 8.94 Å². The third-order valence-electron chi connectivity index (χ3n) is 4.83.